The Morgan fingerprint density at radius 2 is 1.62 bits per heavy atom. The molecule has 0 aromatic heterocycles. The number of aryl methyl sites for hydroxylation is 2. The van der Waals surface area contributed by atoms with Crippen LogP contribution in [-0.2, 0) is 12.8 Å². The largest absolute Gasteiger partial charge is 0.457 e. The highest BCUT2D eigenvalue weighted by Crippen LogP contribution is 2.33. The number of para-hydroxylation sites is 1. The summed E-state index contributed by atoms with van der Waals surface area (Å²) < 4.78 is 18.9. The maximum Gasteiger partial charge on any atom is 0.133 e. The molecule has 0 radical (unpaired) electrons. The van der Waals surface area contributed by atoms with Crippen LogP contribution < -0.4 is 4.74 Å². The van der Waals surface area contributed by atoms with Gasteiger partial charge in [-0.05, 0) is 36.1 Å². The summed E-state index contributed by atoms with van der Waals surface area (Å²) in [6, 6.07) is 12.7. The molecule has 0 saturated carbocycles. The molecule has 0 N–H and O–H groups in total. The summed E-state index contributed by atoms with van der Waals surface area (Å²) in [5.41, 5.74) is 2.25. The summed E-state index contributed by atoms with van der Waals surface area (Å²) in [6.07, 6.45) is 1.83. The summed E-state index contributed by atoms with van der Waals surface area (Å²) in [5, 5.41) is 0. The van der Waals surface area contributed by atoms with Crippen LogP contribution in [0, 0.1) is 5.82 Å². The zero-order chi connectivity index (χ0) is 11.0. The first-order valence-electron chi connectivity index (χ1n) is 5.37. The van der Waals surface area contributed by atoms with Crippen LogP contribution in [-0.4, -0.2) is 0 Å². The molecule has 0 atom stereocenters. The van der Waals surface area contributed by atoms with Crippen molar-refractivity contribution in [1.82, 2.24) is 0 Å². The topological polar surface area (TPSA) is 9.23 Å². The average molecular weight is 214 g/mol. The van der Waals surface area contributed by atoms with Crippen LogP contribution >= 0.6 is 0 Å². The molecule has 16 heavy (non-hydrogen) atoms. The van der Waals surface area contributed by atoms with Gasteiger partial charge < -0.3 is 4.74 Å². The number of hydrogen-bond donors (Lipinski definition) is 0. The Bertz CT molecular complexity index is 534. The van der Waals surface area contributed by atoms with Crippen LogP contribution in [0.3, 0.4) is 0 Å². The normalized spacial score (nSPS) is 13.3. The fourth-order valence-electron chi connectivity index (χ4n) is 2.03. The third kappa shape index (κ3) is 1.56. The first kappa shape index (κ1) is 9.40. The van der Waals surface area contributed by atoms with Crippen molar-refractivity contribution in [2.45, 2.75) is 12.8 Å². The van der Waals surface area contributed by atoms with Gasteiger partial charge in [0, 0.05) is 6.07 Å². The summed E-state index contributed by atoms with van der Waals surface area (Å²) in [7, 11) is 0. The molecule has 0 saturated heterocycles. The minimum absolute atomic E-state index is 0.252. The number of benzene rings is 2. The lowest BCUT2D eigenvalue weighted by molar-refractivity contribution is 0.473. The van der Waals surface area contributed by atoms with Crippen LogP contribution in [0.15, 0.2) is 42.5 Å². The van der Waals surface area contributed by atoms with Gasteiger partial charge in [-0.2, -0.15) is 0 Å². The molecule has 80 valence electrons. The summed E-state index contributed by atoms with van der Waals surface area (Å²) in [4.78, 5) is 0. The lowest BCUT2D eigenvalue weighted by Gasteiger charge is -2.08. The third-order valence-electron chi connectivity index (χ3n) is 2.89. The predicted molar refractivity (Wildman–Crippen MR) is 60.3 cm³/mol. The fourth-order valence-corrected chi connectivity index (χ4v) is 2.03. The minimum atomic E-state index is -0.252. The lowest BCUT2D eigenvalue weighted by Crippen LogP contribution is -1.89. The Morgan fingerprint density at radius 3 is 2.50 bits per heavy atom. The maximum atomic E-state index is 13.1. The highest BCUT2D eigenvalue weighted by atomic mass is 19.1. The van der Waals surface area contributed by atoms with Crippen molar-refractivity contribution in [3.05, 3.63) is 59.4 Å². The van der Waals surface area contributed by atoms with Crippen molar-refractivity contribution < 1.29 is 9.13 Å². The molecule has 2 heteroatoms. The molecule has 2 aromatic rings. The number of ether oxygens (including phenoxy) is 1. The smallest absolute Gasteiger partial charge is 0.133 e. The van der Waals surface area contributed by atoms with Crippen molar-refractivity contribution >= 4 is 0 Å². The molecule has 3 rings (SSSR count). The maximum absolute atomic E-state index is 13.1. The zero-order valence-electron chi connectivity index (χ0n) is 8.74. The van der Waals surface area contributed by atoms with Gasteiger partial charge >= 0.3 is 0 Å². The second kappa shape index (κ2) is 3.63. The molecule has 0 unspecified atom stereocenters. The van der Waals surface area contributed by atoms with Crippen molar-refractivity contribution in [3.8, 4) is 11.5 Å². The van der Waals surface area contributed by atoms with Gasteiger partial charge in [0.05, 0.1) is 0 Å². The molecule has 2 aromatic carbocycles. The van der Waals surface area contributed by atoms with Crippen molar-refractivity contribution in [3.63, 3.8) is 0 Å². The van der Waals surface area contributed by atoms with E-state index in [2.05, 4.69) is 6.07 Å². The molecule has 0 bridgehead atoms. The zero-order valence-corrected chi connectivity index (χ0v) is 8.74. The molecular weight excluding hydrogens is 203 g/mol. The number of fused-ring (bicyclic) bond motifs is 2. The average Bonchev–Trinajstić information content (AvgIpc) is 2.47. The van der Waals surface area contributed by atoms with Crippen molar-refractivity contribution in [1.29, 1.82) is 0 Å². The molecule has 0 aliphatic carbocycles. The van der Waals surface area contributed by atoms with E-state index < -0.39 is 0 Å². The second-order valence-corrected chi connectivity index (χ2v) is 3.96. The van der Waals surface area contributed by atoms with Crippen LogP contribution in [0.25, 0.3) is 0 Å². The minimum Gasteiger partial charge on any atom is -0.457 e. The quantitative estimate of drug-likeness (QED) is 0.649. The Kier molecular flexibility index (Phi) is 2.13. The van der Waals surface area contributed by atoms with Crippen molar-refractivity contribution in [2.75, 3.05) is 0 Å². The SMILES string of the molecule is Fc1ccc2c(c1)Oc1ccccc1CC2. The van der Waals surface area contributed by atoms with Gasteiger partial charge in [-0.3, -0.25) is 0 Å². The third-order valence-corrected chi connectivity index (χ3v) is 2.89. The first-order valence-corrected chi connectivity index (χ1v) is 5.37. The van der Waals surface area contributed by atoms with Gasteiger partial charge in [0.1, 0.15) is 17.3 Å². The van der Waals surface area contributed by atoms with Gasteiger partial charge in [-0.15, -0.1) is 0 Å². The van der Waals surface area contributed by atoms with Crippen LogP contribution in [0.2, 0.25) is 0 Å². The Morgan fingerprint density at radius 1 is 0.875 bits per heavy atom. The van der Waals surface area contributed by atoms with E-state index in [4.69, 9.17) is 4.74 Å². The highest BCUT2D eigenvalue weighted by molar-refractivity contribution is 5.44. The van der Waals surface area contributed by atoms with E-state index in [0.29, 0.717) is 5.75 Å². The molecule has 1 aliphatic heterocycles. The second-order valence-electron chi connectivity index (χ2n) is 3.96. The summed E-state index contributed by atoms with van der Waals surface area (Å²) in [5.74, 6) is 1.23. The Hall–Kier alpha value is -1.83. The number of hydrogen-bond acceptors (Lipinski definition) is 1. The van der Waals surface area contributed by atoms with Gasteiger partial charge in [0.15, 0.2) is 0 Å². The summed E-state index contributed by atoms with van der Waals surface area (Å²) in [6.45, 7) is 0. The van der Waals surface area contributed by atoms with E-state index in [0.717, 1.165) is 24.2 Å². The molecule has 0 spiro atoms. The molecule has 1 aliphatic rings. The molecule has 1 nitrogen and oxygen atoms in total. The molecule has 1 heterocycles. The molecular formula is C14H11FO. The van der Waals surface area contributed by atoms with E-state index >= 15 is 0 Å². The standard InChI is InChI=1S/C14H11FO/c15-12-8-7-11-6-5-10-3-1-2-4-13(10)16-14(11)9-12/h1-4,7-9H,5-6H2. The molecule has 0 fully saturated rings. The molecule has 0 amide bonds. The van der Waals surface area contributed by atoms with E-state index in [-0.39, 0.29) is 5.82 Å². The lowest BCUT2D eigenvalue weighted by atomic mass is 10.0. The number of halogens is 1. The number of rotatable bonds is 0. The van der Waals surface area contributed by atoms with Crippen LogP contribution in [0.4, 0.5) is 4.39 Å². The van der Waals surface area contributed by atoms with Crippen LogP contribution in [0.5, 0.6) is 11.5 Å². The predicted octanol–water partition coefficient (Wildman–Crippen LogP) is 3.72. The monoisotopic (exact) mass is 214 g/mol. The van der Waals surface area contributed by atoms with E-state index in [1.54, 1.807) is 6.07 Å². The highest BCUT2D eigenvalue weighted by Gasteiger charge is 2.14. The Labute approximate surface area is 93.5 Å². The Balaban J connectivity index is 2.10. The van der Waals surface area contributed by atoms with Gasteiger partial charge in [-0.25, -0.2) is 4.39 Å². The van der Waals surface area contributed by atoms with E-state index in [1.807, 2.05) is 18.2 Å². The first-order chi connectivity index (χ1) is 7.83. The van der Waals surface area contributed by atoms with Crippen molar-refractivity contribution in [2.24, 2.45) is 0 Å². The van der Waals surface area contributed by atoms with Gasteiger partial charge in [0.2, 0.25) is 0 Å². The summed E-state index contributed by atoms with van der Waals surface area (Å²) >= 11 is 0. The fraction of sp³-hybridized carbons (Fsp3) is 0.143. The van der Waals surface area contributed by atoms with E-state index in [1.165, 1.54) is 17.7 Å². The van der Waals surface area contributed by atoms with Gasteiger partial charge in [0.25, 0.3) is 0 Å². The van der Waals surface area contributed by atoms with Crippen LogP contribution in [0.1, 0.15) is 11.1 Å². The van der Waals surface area contributed by atoms with E-state index in [9.17, 15) is 4.39 Å². The van der Waals surface area contributed by atoms with Gasteiger partial charge in [-0.1, -0.05) is 24.3 Å².